The predicted octanol–water partition coefficient (Wildman–Crippen LogP) is 8.46. The summed E-state index contributed by atoms with van der Waals surface area (Å²) in [5, 5.41) is 10.2. The summed E-state index contributed by atoms with van der Waals surface area (Å²) in [5.74, 6) is 0.148. The van der Waals surface area contributed by atoms with Crippen LogP contribution in [0.4, 0.5) is 0 Å². The van der Waals surface area contributed by atoms with Crippen LogP contribution in [0.15, 0.2) is 77.7 Å². The highest BCUT2D eigenvalue weighted by atomic mass is 32.2. The molecule has 4 aromatic rings. The molecular weight excluding hydrogens is 534 g/mol. The average Bonchev–Trinajstić information content (AvgIpc) is 3.34. The second-order valence-corrected chi connectivity index (χ2v) is 12.8. The highest BCUT2D eigenvalue weighted by molar-refractivity contribution is 7.90. The van der Waals surface area contributed by atoms with Gasteiger partial charge >= 0.3 is 5.97 Å². The number of aromatic nitrogens is 1. The number of carboxylic acids is 1. The summed E-state index contributed by atoms with van der Waals surface area (Å²) in [7, 11) is -4.05. The van der Waals surface area contributed by atoms with E-state index in [1.807, 2.05) is 12.1 Å². The van der Waals surface area contributed by atoms with Crippen molar-refractivity contribution in [2.45, 2.75) is 71.1 Å². The van der Waals surface area contributed by atoms with Gasteiger partial charge in [-0.25, -0.2) is 17.2 Å². The lowest BCUT2D eigenvalue weighted by molar-refractivity contribution is -0.131. The monoisotopic (exact) mass is 573 g/mol. The van der Waals surface area contributed by atoms with Gasteiger partial charge in [-0.1, -0.05) is 77.4 Å². The lowest BCUT2D eigenvalue weighted by atomic mass is 9.88. The molecule has 0 aliphatic carbocycles. The molecule has 0 amide bonds. The molecule has 0 radical (unpaired) electrons. The van der Waals surface area contributed by atoms with Crippen LogP contribution in [0.3, 0.4) is 0 Å². The molecule has 6 nitrogen and oxygen atoms in total. The number of carbonyl (C=O) groups is 1. The number of carboxylic acid groups (broad SMARTS) is 1. The first kappa shape index (κ1) is 30.1. The molecule has 1 heterocycles. The van der Waals surface area contributed by atoms with Crippen LogP contribution < -0.4 is 4.74 Å². The van der Waals surface area contributed by atoms with Crippen molar-refractivity contribution in [2.24, 2.45) is 0 Å². The van der Waals surface area contributed by atoms with Crippen molar-refractivity contribution >= 4 is 32.5 Å². The molecule has 0 bridgehead atoms. The number of fused-ring (bicyclic) bond motifs is 1. The first-order valence-corrected chi connectivity index (χ1v) is 15.6. The number of hydrogen-bond donors (Lipinski definition) is 1. The smallest absolute Gasteiger partial charge is 0.328 e. The van der Waals surface area contributed by atoms with Gasteiger partial charge in [-0.15, -0.1) is 0 Å². The highest BCUT2D eigenvalue weighted by Gasteiger charge is 2.26. The highest BCUT2D eigenvalue weighted by Crippen LogP contribution is 2.44. The summed E-state index contributed by atoms with van der Waals surface area (Å²) in [6.45, 7) is 12.9. The average molecular weight is 574 g/mol. The van der Waals surface area contributed by atoms with E-state index in [-0.39, 0.29) is 16.7 Å². The van der Waals surface area contributed by atoms with Gasteiger partial charge in [-0.3, -0.25) is 0 Å². The van der Waals surface area contributed by atoms with Gasteiger partial charge in [0.25, 0.3) is 10.0 Å². The quantitative estimate of drug-likeness (QED) is 0.144. The molecule has 3 aromatic carbocycles. The zero-order chi connectivity index (χ0) is 29.9. The number of aliphatic carboxylic acids is 1. The second kappa shape index (κ2) is 12.4. The molecule has 4 rings (SSSR count). The molecule has 0 atom stereocenters. The molecule has 1 aromatic heterocycles. The van der Waals surface area contributed by atoms with E-state index in [9.17, 15) is 18.3 Å². The molecule has 0 aliphatic rings. The fourth-order valence-electron chi connectivity index (χ4n) is 5.05. The van der Waals surface area contributed by atoms with Crippen molar-refractivity contribution in [1.29, 1.82) is 0 Å². The van der Waals surface area contributed by atoms with Crippen LogP contribution >= 0.6 is 0 Å². The summed E-state index contributed by atoms with van der Waals surface area (Å²) in [4.78, 5) is 11.8. The number of unbranched alkanes of at least 4 members (excludes halogenated alkanes) is 1. The number of hydrogen-bond acceptors (Lipinski definition) is 4. The van der Waals surface area contributed by atoms with Gasteiger partial charge in [0.1, 0.15) is 5.75 Å². The van der Waals surface area contributed by atoms with E-state index in [1.165, 1.54) is 9.54 Å². The van der Waals surface area contributed by atoms with Gasteiger partial charge in [0, 0.05) is 17.0 Å². The van der Waals surface area contributed by atoms with E-state index in [4.69, 9.17) is 4.74 Å². The van der Waals surface area contributed by atoms with Gasteiger partial charge in [-0.05, 0) is 77.8 Å². The standard InChI is InChI=1S/C34H39NO5S/c1-7-8-17-40-34-28(23(4)5)19-25(22(2)3)20-30(34)27-15-12-16-31-29(27)21-32(24(6)18-33(36)37)35(31)41(38,39)26-13-10-9-11-14-26/h9-16,18-23H,7-8,17H2,1-6H3,(H,36,37)/b24-18-. The normalized spacial score (nSPS) is 12.4. The third kappa shape index (κ3) is 6.10. The summed E-state index contributed by atoms with van der Waals surface area (Å²) < 4.78 is 35.9. The topological polar surface area (TPSA) is 85.6 Å². The minimum absolute atomic E-state index is 0.125. The van der Waals surface area contributed by atoms with E-state index in [0.717, 1.165) is 41.4 Å². The Morgan fingerprint density at radius 2 is 1.66 bits per heavy atom. The van der Waals surface area contributed by atoms with Crippen LogP contribution in [0.2, 0.25) is 0 Å². The van der Waals surface area contributed by atoms with Gasteiger partial charge in [0.15, 0.2) is 0 Å². The lowest BCUT2D eigenvalue weighted by Gasteiger charge is -2.22. The van der Waals surface area contributed by atoms with Crippen LogP contribution in [0.5, 0.6) is 5.75 Å². The van der Waals surface area contributed by atoms with Gasteiger partial charge in [-0.2, -0.15) is 0 Å². The fraction of sp³-hybridized carbons (Fsp3) is 0.324. The second-order valence-electron chi connectivity index (χ2n) is 11.0. The summed E-state index contributed by atoms with van der Waals surface area (Å²) in [5.41, 5.74) is 5.13. The summed E-state index contributed by atoms with van der Waals surface area (Å²) >= 11 is 0. The van der Waals surface area contributed by atoms with Gasteiger partial charge in [0.2, 0.25) is 0 Å². The van der Waals surface area contributed by atoms with Crippen LogP contribution in [-0.2, 0) is 14.8 Å². The lowest BCUT2D eigenvalue weighted by Crippen LogP contribution is -2.15. The predicted molar refractivity (Wildman–Crippen MR) is 166 cm³/mol. The molecule has 0 saturated carbocycles. The third-order valence-corrected chi connectivity index (χ3v) is 9.03. The zero-order valence-corrected chi connectivity index (χ0v) is 25.5. The number of nitrogens with zero attached hydrogens (tertiary/aromatic N) is 1. The van der Waals surface area contributed by atoms with E-state index >= 15 is 0 Å². The van der Waals surface area contributed by atoms with Crippen LogP contribution in [0.1, 0.15) is 83.0 Å². The van der Waals surface area contributed by atoms with Gasteiger partial charge in [0.05, 0.1) is 22.7 Å². The van der Waals surface area contributed by atoms with Crippen molar-refractivity contribution < 1.29 is 23.1 Å². The first-order chi connectivity index (χ1) is 19.5. The molecule has 41 heavy (non-hydrogen) atoms. The maximum atomic E-state index is 14.1. The summed E-state index contributed by atoms with van der Waals surface area (Å²) in [6.07, 6.45) is 2.97. The minimum Gasteiger partial charge on any atom is -0.493 e. The van der Waals surface area contributed by atoms with Crippen molar-refractivity contribution in [3.05, 3.63) is 89.6 Å². The van der Waals surface area contributed by atoms with E-state index in [1.54, 1.807) is 49.4 Å². The molecule has 0 fully saturated rings. The van der Waals surface area contributed by atoms with Gasteiger partial charge < -0.3 is 9.84 Å². The van der Waals surface area contributed by atoms with Crippen molar-refractivity contribution in [1.82, 2.24) is 3.97 Å². The van der Waals surface area contributed by atoms with Crippen LogP contribution in [0, 0.1) is 0 Å². The molecule has 1 N–H and O–H groups in total. The number of benzene rings is 3. The molecule has 0 unspecified atom stereocenters. The Morgan fingerprint density at radius 1 is 0.951 bits per heavy atom. The number of ether oxygens (including phenoxy) is 1. The Bertz CT molecular complexity index is 1700. The van der Waals surface area contributed by atoms with Crippen LogP contribution in [-0.4, -0.2) is 30.1 Å². The Hall–Kier alpha value is -3.84. The third-order valence-electron chi connectivity index (χ3n) is 7.29. The maximum absolute atomic E-state index is 14.1. The fourth-order valence-corrected chi connectivity index (χ4v) is 6.63. The van der Waals surface area contributed by atoms with E-state index in [2.05, 4.69) is 46.8 Å². The van der Waals surface area contributed by atoms with E-state index in [0.29, 0.717) is 28.8 Å². The Kier molecular flexibility index (Phi) is 9.08. The molecule has 0 spiro atoms. The Balaban J connectivity index is 2.11. The SMILES string of the molecule is CCCCOc1c(-c2cccc3c2cc(/C(C)=C\C(=O)O)n3S(=O)(=O)c2ccccc2)cc(C(C)C)cc1C(C)C. The Labute approximate surface area is 243 Å². The minimum atomic E-state index is -4.05. The largest absolute Gasteiger partial charge is 0.493 e. The van der Waals surface area contributed by atoms with Crippen molar-refractivity contribution in [2.75, 3.05) is 6.61 Å². The molecule has 7 heteroatoms. The zero-order valence-electron chi connectivity index (χ0n) is 24.6. The number of allylic oxidation sites excluding steroid dienone is 1. The Morgan fingerprint density at radius 3 is 2.27 bits per heavy atom. The molecule has 0 saturated heterocycles. The molecule has 0 aliphatic heterocycles. The van der Waals surface area contributed by atoms with E-state index < -0.39 is 16.0 Å². The first-order valence-electron chi connectivity index (χ1n) is 14.1. The molecular formula is C34H39NO5S. The van der Waals surface area contributed by atoms with Crippen LogP contribution in [0.25, 0.3) is 27.6 Å². The van der Waals surface area contributed by atoms with Crippen molar-refractivity contribution in [3.8, 4) is 16.9 Å². The maximum Gasteiger partial charge on any atom is 0.328 e. The summed E-state index contributed by atoms with van der Waals surface area (Å²) in [6, 6.07) is 20.0. The molecule has 216 valence electrons. The number of rotatable bonds is 11. The van der Waals surface area contributed by atoms with Crippen molar-refractivity contribution in [3.63, 3.8) is 0 Å².